The molecule has 0 atom stereocenters. The highest BCUT2D eigenvalue weighted by atomic mass is 32.2. The first-order valence-electron chi connectivity index (χ1n) is 8.67. The standard InChI is InChI=1S/C18H18N6O3S/c1-4-8-23-17(26)11-9-19-18(28-3)21-15(11)24(23)13-7-6-12-16(20-13)22(5-2)14(25)10-27-12/h4,6-7,9H,1,5,8,10H2,2-3H3. The summed E-state index contributed by atoms with van der Waals surface area (Å²) in [6.45, 7) is 6.34. The molecule has 4 heterocycles. The van der Waals surface area contributed by atoms with Crippen molar-refractivity contribution < 1.29 is 9.53 Å². The van der Waals surface area contributed by atoms with Gasteiger partial charge in [0, 0.05) is 12.7 Å². The molecule has 1 amide bonds. The zero-order chi connectivity index (χ0) is 19.8. The predicted octanol–water partition coefficient (Wildman–Crippen LogP) is 1.63. The summed E-state index contributed by atoms with van der Waals surface area (Å²) in [4.78, 5) is 39.9. The Morgan fingerprint density at radius 3 is 2.86 bits per heavy atom. The SMILES string of the molecule is C=CCn1c(=O)c2cnc(SC)nc2n1-c1ccc2c(n1)N(CC)C(=O)CO2. The number of hydrogen-bond acceptors (Lipinski definition) is 7. The van der Waals surface area contributed by atoms with E-state index in [0.29, 0.717) is 40.1 Å². The summed E-state index contributed by atoms with van der Waals surface area (Å²) in [5.41, 5.74) is 0.214. The highest BCUT2D eigenvalue weighted by Gasteiger charge is 2.27. The van der Waals surface area contributed by atoms with E-state index in [9.17, 15) is 9.59 Å². The van der Waals surface area contributed by atoms with E-state index in [0.717, 1.165) is 0 Å². The minimum Gasteiger partial charge on any atom is -0.480 e. The molecule has 1 aliphatic rings. The molecule has 9 nitrogen and oxygen atoms in total. The fourth-order valence-electron chi connectivity index (χ4n) is 3.14. The Bertz CT molecular complexity index is 1150. The number of pyridine rings is 1. The number of aromatic nitrogens is 5. The second-order valence-corrected chi connectivity index (χ2v) is 6.77. The van der Waals surface area contributed by atoms with Gasteiger partial charge in [-0.15, -0.1) is 6.58 Å². The second-order valence-electron chi connectivity index (χ2n) is 6.00. The van der Waals surface area contributed by atoms with Gasteiger partial charge in [-0.05, 0) is 25.3 Å². The molecule has 10 heteroatoms. The minimum absolute atomic E-state index is 0.0141. The van der Waals surface area contributed by atoms with E-state index < -0.39 is 0 Å². The molecule has 0 N–H and O–H groups in total. The zero-order valence-electron chi connectivity index (χ0n) is 15.5. The van der Waals surface area contributed by atoms with Gasteiger partial charge in [-0.3, -0.25) is 14.5 Å². The van der Waals surface area contributed by atoms with Crippen LogP contribution in [0, 0.1) is 0 Å². The molecule has 4 rings (SSSR count). The molecule has 3 aromatic rings. The Hall–Kier alpha value is -3.14. The van der Waals surface area contributed by atoms with E-state index in [2.05, 4.69) is 21.5 Å². The van der Waals surface area contributed by atoms with Crippen LogP contribution in [0.3, 0.4) is 0 Å². The number of carbonyl (C=O) groups excluding carboxylic acids is 1. The van der Waals surface area contributed by atoms with Crippen LogP contribution in [-0.2, 0) is 11.3 Å². The van der Waals surface area contributed by atoms with Crippen molar-refractivity contribution in [1.29, 1.82) is 0 Å². The summed E-state index contributed by atoms with van der Waals surface area (Å²) < 4.78 is 8.61. The van der Waals surface area contributed by atoms with Crippen molar-refractivity contribution in [1.82, 2.24) is 24.3 Å². The Balaban J connectivity index is 2.00. The number of amides is 1. The van der Waals surface area contributed by atoms with E-state index >= 15 is 0 Å². The molecule has 3 aromatic heterocycles. The number of ether oxygens (including phenoxy) is 1. The maximum absolute atomic E-state index is 12.9. The van der Waals surface area contributed by atoms with Crippen LogP contribution in [-0.4, -0.2) is 49.6 Å². The van der Waals surface area contributed by atoms with Gasteiger partial charge >= 0.3 is 0 Å². The number of rotatable bonds is 5. The van der Waals surface area contributed by atoms with E-state index in [-0.39, 0.29) is 24.6 Å². The fraction of sp³-hybridized carbons (Fsp3) is 0.278. The lowest BCUT2D eigenvalue weighted by Gasteiger charge is -2.27. The molecule has 0 radical (unpaired) electrons. The highest BCUT2D eigenvalue weighted by molar-refractivity contribution is 7.98. The van der Waals surface area contributed by atoms with E-state index in [1.807, 2.05) is 13.2 Å². The molecule has 0 aliphatic carbocycles. The molecule has 0 spiro atoms. The molecule has 144 valence electrons. The summed E-state index contributed by atoms with van der Waals surface area (Å²) in [6.07, 6.45) is 5.02. The van der Waals surface area contributed by atoms with Gasteiger partial charge in [0.1, 0.15) is 5.39 Å². The number of fused-ring (bicyclic) bond motifs is 2. The van der Waals surface area contributed by atoms with Crippen molar-refractivity contribution in [2.75, 3.05) is 24.3 Å². The Kier molecular flexibility index (Phi) is 4.63. The van der Waals surface area contributed by atoms with E-state index in [1.165, 1.54) is 22.6 Å². The summed E-state index contributed by atoms with van der Waals surface area (Å²) >= 11 is 1.38. The first-order valence-corrected chi connectivity index (χ1v) is 9.89. The third-order valence-corrected chi connectivity index (χ3v) is 4.97. The van der Waals surface area contributed by atoms with Gasteiger partial charge in [0.25, 0.3) is 11.5 Å². The maximum Gasteiger partial charge on any atom is 0.278 e. The number of likely N-dealkylation sites (N-methyl/N-ethyl adjacent to an activating group) is 1. The van der Waals surface area contributed by atoms with Crippen LogP contribution in [0.2, 0.25) is 0 Å². The molecule has 0 fully saturated rings. The van der Waals surface area contributed by atoms with Crippen molar-refractivity contribution in [3.63, 3.8) is 0 Å². The first kappa shape index (κ1) is 18.2. The normalized spacial score (nSPS) is 13.5. The average Bonchev–Trinajstić information content (AvgIpc) is 2.99. The van der Waals surface area contributed by atoms with Gasteiger partial charge in [0.2, 0.25) is 0 Å². The molecule has 0 aromatic carbocycles. The molecular weight excluding hydrogens is 380 g/mol. The summed E-state index contributed by atoms with van der Waals surface area (Å²) in [7, 11) is 0. The van der Waals surface area contributed by atoms with Crippen LogP contribution >= 0.6 is 11.8 Å². The van der Waals surface area contributed by atoms with Gasteiger partial charge in [0.15, 0.2) is 34.8 Å². The lowest BCUT2D eigenvalue weighted by atomic mass is 10.3. The topological polar surface area (TPSA) is 95.1 Å². The van der Waals surface area contributed by atoms with Crippen LogP contribution in [0.25, 0.3) is 16.9 Å². The number of hydrogen-bond donors (Lipinski definition) is 0. The lowest BCUT2D eigenvalue weighted by Crippen LogP contribution is -2.39. The highest BCUT2D eigenvalue weighted by Crippen LogP contribution is 2.31. The number of allylic oxidation sites excluding steroid dienone is 1. The Morgan fingerprint density at radius 1 is 1.32 bits per heavy atom. The summed E-state index contributed by atoms with van der Waals surface area (Å²) in [5.74, 6) is 1.25. The van der Waals surface area contributed by atoms with Gasteiger partial charge in [-0.2, -0.15) is 0 Å². The number of carbonyl (C=O) groups is 1. The molecular formula is C18H18N6O3S. The van der Waals surface area contributed by atoms with Crippen LogP contribution in [0.5, 0.6) is 5.75 Å². The molecule has 1 aliphatic heterocycles. The first-order chi connectivity index (χ1) is 13.6. The van der Waals surface area contributed by atoms with Crippen molar-refractivity contribution >= 4 is 34.5 Å². The molecule has 0 saturated heterocycles. The average molecular weight is 398 g/mol. The third kappa shape index (κ3) is 2.76. The summed E-state index contributed by atoms with van der Waals surface area (Å²) in [5, 5.41) is 0.933. The van der Waals surface area contributed by atoms with Crippen LogP contribution in [0.15, 0.2) is 40.9 Å². The molecule has 0 saturated carbocycles. The number of nitrogens with zero attached hydrogens (tertiary/aromatic N) is 6. The number of thioether (sulfide) groups is 1. The third-order valence-electron chi connectivity index (χ3n) is 4.40. The van der Waals surface area contributed by atoms with Crippen LogP contribution in [0.1, 0.15) is 6.92 Å². The zero-order valence-corrected chi connectivity index (χ0v) is 16.3. The lowest BCUT2D eigenvalue weighted by molar-refractivity contribution is -0.121. The van der Waals surface area contributed by atoms with E-state index in [4.69, 9.17) is 4.74 Å². The second kappa shape index (κ2) is 7.12. The molecule has 0 unspecified atom stereocenters. The van der Waals surface area contributed by atoms with Gasteiger partial charge in [0.05, 0.1) is 6.54 Å². The monoisotopic (exact) mass is 398 g/mol. The van der Waals surface area contributed by atoms with Crippen LogP contribution < -0.4 is 15.2 Å². The van der Waals surface area contributed by atoms with E-state index in [1.54, 1.807) is 27.8 Å². The predicted molar refractivity (Wildman–Crippen MR) is 106 cm³/mol. The summed E-state index contributed by atoms with van der Waals surface area (Å²) in [6, 6.07) is 3.49. The molecule has 0 bridgehead atoms. The van der Waals surface area contributed by atoms with Gasteiger partial charge in [-0.1, -0.05) is 17.8 Å². The fourth-order valence-corrected chi connectivity index (χ4v) is 3.48. The van der Waals surface area contributed by atoms with Gasteiger partial charge < -0.3 is 4.74 Å². The van der Waals surface area contributed by atoms with Crippen molar-refractivity contribution in [3.8, 4) is 11.6 Å². The van der Waals surface area contributed by atoms with Gasteiger partial charge in [-0.25, -0.2) is 24.3 Å². The minimum atomic E-state index is -0.234. The quantitative estimate of drug-likeness (QED) is 0.366. The Morgan fingerprint density at radius 2 is 2.14 bits per heavy atom. The smallest absolute Gasteiger partial charge is 0.278 e. The maximum atomic E-state index is 12.9. The van der Waals surface area contributed by atoms with Crippen molar-refractivity contribution in [2.24, 2.45) is 0 Å². The van der Waals surface area contributed by atoms with Crippen molar-refractivity contribution in [3.05, 3.63) is 41.3 Å². The largest absolute Gasteiger partial charge is 0.480 e. The Labute approximate surface area is 164 Å². The molecule has 28 heavy (non-hydrogen) atoms. The number of anilines is 1. The van der Waals surface area contributed by atoms with Crippen LogP contribution in [0.4, 0.5) is 5.82 Å². The van der Waals surface area contributed by atoms with Crippen molar-refractivity contribution in [2.45, 2.75) is 18.6 Å².